The third kappa shape index (κ3) is 3.65. The highest BCUT2D eigenvalue weighted by atomic mass is 14.9. The maximum Gasteiger partial charge on any atom is 0.0390 e. The van der Waals surface area contributed by atoms with Crippen LogP contribution < -0.4 is 11.1 Å². The third-order valence-electron chi connectivity index (χ3n) is 3.62. The second-order valence-corrected chi connectivity index (χ2v) is 5.55. The Bertz CT molecular complexity index is 348. The van der Waals surface area contributed by atoms with E-state index in [1.54, 1.807) is 0 Å². The van der Waals surface area contributed by atoms with Crippen molar-refractivity contribution < 1.29 is 0 Å². The van der Waals surface area contributed by atoms with E-state index in [0.717, 1.165) is 23.5 Å². The molecule has 3 N–H and O–H groups in total. The van der Waals surface area contributed by atoms with Crippen molar-refractivity contribution >= 4 is 11.4 Å². The van der Waals surface area contributed by atoms with Crippen molar-refractivity contribution in [2.45, 2.75) is 34.6 Å². The second-order valence-electron chi connectivity index (χ2n) is 5.55. The van der Waals surface area contributed by atoms with E-state index < -0.39 is 0 Å². The normalized spacial score (nSPS) is 11.5. The Morgan fingerprint density at radius 1 is 1.12 bits per heavy atom. The Balaban J connectivity index is 2.69. The summed E-state index contributed by atoms with van der Waals surface area (Å²) in [4.78, 5) is 0. The summed E-state index contributed by atoms with van der Waals surface area (Å²) in [5, 5.41) is 3.54. The van der Waals surface area contributed by atoms with E-state index >= 15 is 0 Å². The zero-order chi connectivity index (χ0) is 13.0. The van der Waals surface area contributed by atoms with Gasteiger partial charge in [-0.15, -0.1) is 0 Å². The summed E-state index contributed by atoms with van der Waals surface area (Å²) in [6.45, 7) is 12.2. The van der Waals surface area contributed by atoms with Crippen molar-refractivity contribution in [2.24, 2.45) is 17.8 Å². The summed E-state index contributed by atoms with van der Waals surface area (Å²) in [6.07, 6.45) is 0. The van der Waals surface area contributed by atoms with Gasteiger partial charge in [0.25, 0.3) is 0 Å². The van der Waals surface area contributed by atoms with Crippen LogP contribution in [0.1, 0.15) is 33.3 Å². The predicted octanol–water partition coefficient (Wildman–Crippen LogP) is 3.92. The van der Waals surface area contributed by atoms with E-state index in [4.69, 9.17) is 5.73 Å². The van der Waals surface area contributed by atoms with E-state index in [0.29, 0.717) is 17.8 Å². The van der Waals surface area contributed by atoms with Crippen molar-refractivity contribution in [3.63, 3.8) is 0 Å². The fraction of sp³-hybridized carbons (Fsp3) is 0.600. The summed E-state index contributed by atoms with van der Waals surface area (Å²) in [6, 6.07) is 6.05. The molecule has 0 fully saturated rings. The van der Waals surface area contributed by atoms with Crippen LogP contribution in [0.4, 0.5) is 11.4 Å². The van der Waals surface area contributed by atoms with Crippen LogP contribution in [0.3, 0.4) is 0 Å². The zero-order valence-electron chi connectivity index (χ0n) is 11.7. The van der Waals surface area contributed by atoms with Crippen molar-refractivity contribution in [2.75, 3.05) is 17.6 Å². The number of nitrogens with two attached hydrogens (primary N) is 1. The Hall–Kier alpha value is -1.18. The molecule has 0 unspecified atom stereocenters. The topological polar surface area (TPSA) is 38.0 Å². The number of nitrogen functional groups attached to an aromatic ring is 1. The third-order valence-corrected chi connectivity index (χ3v) is 3.62. The predicted molar refractivity (Wildman–Crippen MR) is 77.2 cm³/mol. The van der Waals surface area contributed by atoms with Gasteiger partial charge in [-0.3, -0.25) is 0 Å². The van der Waals surface area contributed by atoms with Crippen LogP contribution in [0.15, 0.2) is 18.2 Å². The molecule has 0 aliphatic heterocycles. The molecular formula is C15H26N2. The quantitative estimate of drug-likeness (QED) is 0.758. The highest BCUT2D eigenvalue weighted by molar-refractivity contribution is 5.62. The second kappa shape index (κ2) is 5.95. The number of rotatable bonds is 5. The van der Waals surface area contributed by atoms with E-state index in [-0.39, 0.29) is 0 Å². The lowest BCUT2D eigenvalue weighted by Gasteiger charge is -2.26. The number of nitrogens with one attached hydrogen (secondary N) is 1. The van der Waals surface area contributed by atoms with E-state index in [1.807, 2.05) is 12.1 Å². The molecule has 1 aromatic carbocycles. The SMILES string of the molecule is Cc1c(N)cccc1NCC(C(C)C)C(C)C. The minimum Gasteiger partial charge on any atom is -0.398 e. The summed E-state index contributed by atoms with van der Waals surface area (Å²) in [7, 11) is 0. The first-order valence-electron chi connectivity index (χ1n) is 6.52. The molecule has 0 radical (unpaired) electrons. The van der Waals surface area contributed by atoms with Gasteiger partial charge in [0, 0.05) is 17.9 Å². The van der Waals surface area contributed by atoms with E-state index in [1.165, 1.54) is 0 Å². The lowest BCUT2D eigenvalue weighted by atomic mass is 9.85. The number of benzene rings is 1. The minimum absolute atomic E-state index is 0.691. The molecule has 0 aliphatic carbocycles. The molecule has 17 heavy (non-hydrogen) atoms. The minimum atomic E-state index is 0.691. The largest absolute Gasteiger partial charge is 0.398 e. The molecule has 0 spiro atoms. The molecule has 0 saturated heterocycles. The zero-order valence-corrected chi connectivity index (χ0v) is 11.7. The fourth-order valence-corrected chi connectivity index (χ4v) is 2.31. The van der Waals surface area contributed by atoms with Crippen molar-refractivity contribution in [3.8, 4) is 0 Å². The van der Waals surface area contributed by atoms with Crippen LogP contribution in [-0.2, 0) is 0 Å². The van der Waals surface area contributed by atoms with Gasteiger partial charge in [-0.25, -0.2) is 0 Å². The number of hydrogen-bond donors (Lipinski definition) is 2. The molecule has 2 nitrogen and oxygen atoms in total. The average Bonchev–Trinajstić information content (AvgIpc) is 2.23. The summed E-state index contributed by atoms with van der Waals surface area (Å²) >= 11 is 0. The molecule has 2 heteroatoms. The van der Waals surface area contributed by atoms with E-state index in [9.17, 15) is 0 Å². The Morgan fingerprint density at radius 2 is 1.71 bits per heavy atom. The van der Waals surface area contributed by atoms with Crippen LogP contribution in [0.2, 0.25) is 0 Å². The molecule has 0 atom stereocenters. The summed E-state index contributed by atoms with van der Waals surface area (Å²) < 4.78 is 0. The average molecular weight is 234 g/mol. The van der Waals surface area contributed by atoms with Crippen molar-refractivity contribution in [1.82, 2.24) is 0 Å². The molecular weight excluding hydrogens is 208 g/mol. The van der Waals surface area contributed by atoms with Crippen LogP contribution in [0.25, 0.3) is 0 Å². The molecule has 96 valence electrons. The fourth-order valence-electron chi connectivity index (χ4n) is 2.31. The molecule has 0 aliphatic rings. The van der Waals surface area contributed by atoms with Crippen molar-refractivity contribution in [1.29, 1.82) is 0 Å². The van der Waals surface area contributed by atoms with Crippen molar-refractivity contribution in [3.05, 3.63) is 23.8 Å². The molecule has 0 aromatic heterocycles. The molecule has 0 amide bonds. The van der Waals surface area contributed by atoms with Gasteiger partial charge < -0.3 is 11.1 Å². The summed E-state index contributed by atoms with van der Waals surface area (Å²) in [5.41, 5.74) is 9.08. The van der Waals surface area contributed by atoms with Gasteiger partial charge in [0.15, 0.2) is 0 Å². The Labute approximate surface area is 106 Å². The first-order valence-corrected chi connectivity index (χ1v) is 6.52. The first-order chi connectivity index (χ1) is 7.93. The molecule has 1 aromatic rings. The molecule has 1 rings (SSSR count). The van der Waals surface area contributed by atoms with Crippen LogP contribution >= 0.6 is 0 Å². The summed E-state index contributed by atoms with van der Waals surface area (Å²) in [5.74, 6) is 2.09. The highest BCUT2D eigenvalue weighted by Crippen LogP contribution is 2.24. The van der Waals surface area contributed by atoms with Crippen LogP contribution in [0, 0.1) is 24.7 Å². The lowest BCUT2D eigenvalue weighted by Crippen LogP contribution is -2.24. The number of anilines is 2. The van der Waals surface area contributed by atoms with Crippen LogP contribution in [0.5, 0.6) is 0 Å². The molecule has 0 heterocycles. The van der Waals surface area contributed by atoms with Gasteiger partial charge in [-0.1, -0.05) is 33.8 Å². The van der Waals surface area contributed by atoms with Crippen LogP contribution in [-0.4, -0.2) is 6.54 Å². The highest BCUT2D eigenvalue weighted by Gasteiger charge is 2.17. The van der Waals surface area contributed by atoms with E-state index in [2.05, 4.69) is 46.0 Å². The standard InChI is InChI=1S/C15H26N2/c1-10(2)13(11(3)4)9-17-15-8-6-7-14(16)12(15)5/h6-8,10-11,13,17H,9,16H2,1-5H3. The van der Waals surface area contributed by atoms with Gasteiger partial charge in [0.2, 0.25) is 0 Å². The maximum absolute atomic E-state index is 5.91. The Morgan fingerprint density at radius 3 is 2.24 bits per heavy atom. The molecule has 0 bridgehead atoms. The van der Waals surface area contributed by atoms with Gasteiger partial charge in [-0.2, -0.15) is 0 Å². The smallest absolute Gasteiger partial charge is 0.0390 e. The lowest BCUT2D eigenvalue weighted by molar-refractivity contribution is 0.304. The first kappa shape index (κ1) is 13.9. The van der Waals surface area contributed by atoms with Gasteiger partial charge in [-0.05, 0) is 42.4 Å². The monoisotopic (exact) mass is 234 g/mol. The van der Waals surface area contributed by atoms with Gasteiger partial charge in [0.05, 0.1) is 0 Å². The number of hydrogen-bond acceptors (Lipinski definition) is 2. The molecule has 0 saturated carbocycles. The maximum atomic E-state index is 5.91. The van der Waals surface area contributed by atoms with Gasteiger partial charge >= 0.3 is 0 Å². The van der Waals surface area contributed by atoms with Gasteiger partial charge in [0.1, 0.15) is 0 Å². The Kier molecular flexibility index (Phi) is 4.86.